The van der Waals surface area contributed by atoms with Gasteiger partial charge in [0.2, 0.25) is 0 Å². The van der Waals surface area contributed by atoms with Gasteiger partial charge in [0.15, 0.2) is 0 Å². The minimum Gasteiger partial charge on any atom is -0.398 e. The summed E-state index contributed by atoms with van der Waals surface area (Å²) in [6, 6.07) is 12.0. The Morgan fingerprint density at radius 1 is 0.852 bits per heavy atom. The first-order valence-electron chi connectivity index (χ1n) is 10.5. The highest BCUT2D eigenvalue weighted by atomic mass is 28.4. The highest BCUT2D eigenvalue weighted by molar-refractivity contribution is 6.80. The molecule has 0 amide bonds. The number of hydrogen-bond donors (Lipinski definition) is 0. The van der Waals surface area contributed by atoms with Crippen LogP contribution in [0, 0.1) is 0 Å². The number of rotatable bonds is 12. The maximum atomic E-state index is 5.72. The van der Waals surface area contributed by atoms with Crippen molar-refractivity contribution in [3.63, 3.8) is 0 Å². The van der Waals surface area contributed by atoms with Crippen molar-refractivity contribution in [3.05, 3.63) is 35.9 Å². The van der Waals surface area contributed by atoms with Gasteiger partial charge in [0.25, 0.3) is 0 Å². The molecule has 0 aliphatic heterocycles. The van der Waals surface area contributed by atoms with E-state index in [4.69, 9.17) is 8.85 Å². The molecule has 0 heterocycles. The molecule has 1 aromatic rings. The van der Waals surface area contributed by atoms with Gasteiger partial charge >= 0.3 is 8.56 Å². The fourth-order valence-corrected chi connectivity index (χ4v) is 13.8. The Balaban J connectivity index is 3.15. The van der Waals surface area contributed by atoms with Crippen LogP contribution in [-0.4, -0.2) is 42.1 Å². The standard InChI is InChI=1S/C22H43NO2Si2/c1-19(2)27(20(3)4,21(5)6)23(18-22-14-11-10-12-15-22)16-13-17-26(9,24-7)25-8/h10-12,14-15,19-21H,13,16-18H2,1-9H3. The van der Waals surface area contributed by atoms with Crippen LogP contribution in [0.1, 0.15) is 53.5 Å². The zero-order chi connectivity index (χ0) is 20.7. The Labute approximate surface area is 170 Å². The van der Waals surface area contributed by atoms with E-state index < -0.39 is 16.8 Å². The molecule has 0 radical (unpaired) electrons. The van der Waals surface area contributed by atoms with Crippen LogP contribution in [0.2, 0.25) is 29.2 Å². The lowest BCUT2D eigenvalue weighted by molar-refractivity contribution is 0.246. The van der Waals surface area contributed by atoms with Gasteiger partial charge in [-0.3, -0.25) is 0 Å². The largest absolute Gasteiger partial charge is 0.398 e. The molecular formula is C22H43NO2Si2. The summed E-state index contributed by atoms with van der Waals surface area (Å²) >= 11 is 0. The second-order valence-electron chi connectivity index (χ2n) is 8.90. The van der Waals surface area contributed by atoms with E-state index in [1.807, 2.05) is 0 Å². The van der Waals surface area contributed by atoms with Gasteiger partial charge in [-0.05, 0) is 47.7 Å². The fraction of sp³-hybridized carbons (Fsp3) is 0.727. The van der Waals surface area contributed by atoms with E-state index in [0.29, 0.717) is 0 Å². The first kappa shape index (κ1) is 24.6. The summed E-state index contributed by atoms with van der Waals surface area (Å²) in [5.74, 6) is 0. The van der Waals surface area contributed by atoms with Crippen LogP contribution in [0.25, 0.3) is 0 Å². The minimum atomic E-state index is -2.01. The van der Waals surface area contributed by atoms with Gasteiger partial charge < -0.3 is 13.4 Å². The van der Waals surface area contributed by atoms with E-state index in [2.05, 4.69) is 83.0 Å². The van der Waals surface area contributed by atoms with E-state index in [0.717, 1.165) is 42.2 Å². The van der Waals surface area contributed by atoms with E-state index >= 15 is 0 Å². The van der Waals surface area contributed by atoms with Gasteiger partial charge in [-0.1, -0.05) is 71.9 Å². The highest BCUT2D eigenvalue weighted by Crippen LogP contribution is 2.44. The summed E-state index contributed by atoms with van der Waals surface area (Å²) in [4.78, 5) is 0. The lowest BCUT2D eigenvalue weighted by atomic mass is 10.2. The summed E-state index contributed by atoms with van der Waals surface area (Å²) in [6.07, 6.45) is 1.14. The summed E-state index contributed by atoms with van der Waals surface area (Å²) in [5, 5.41) is 0. The molecule has 0 aliphatic rings. The first-order chi connectivity index (χ1) is 12.6. The third kappa shape index (κ3) is 6.00. The highest BCUT2D eigenvalue weighted by Gasteiger charge is 2.47. The number of nitrogens with zero attached hydrogens (tertiary/aromatic N) is 1. The molecule has 0 fully saturated rings. The molecule has 0 saturated heterocycles. The van der Waals surface area contributed by atoms with Crippen LogP contribution in [0.15, 0.2) is 30.3 Å². The molecule has 0 atom stereocenters. The van der Waals surface area contributed by atoms with Gasteiger partial charge in [-0.15, -0.1) is 0 Å². The third-order valence-electron chi connectivity index (χ3n) is 6.46. The summed E-state index contributed by atoms with van der Waals surface area (Å²) in [7, 11) is -0.101. The predicted octanol–water partition coefficient (Wildman–Crippen LogP) is 6.42. The second kappa shape index (κ2) is 10.9. The Bertz CT molecular complexity index is 509. The average Bonchev–Trinajstić information content (AvgIpc) is 2.61. The Morgan fingerprint density at radius 3 is 1.74 bits per heavy atom. The monoisotopic (exact) mass is 409 g/mol. The Hall–Kier alpha value is -0.466. The molecule has 1 rings (SSSR count). The fourth-order valence-electron chi connectivity index (χ4n) is 5.19. The van der Waals surface area contributed by atoms with Crippen molar-refractivity contribution in [2.45, 2.75) is 83.7 Å². The quantitative estimate of drug-likeness (QED) is 0.372. The summed E-state index contributed by atoms with van der Waals surface area (Å²) in [6.45, 7) is 19.1. The van der Waals surface area contributed by atoms with Gasteiger partial charge in [0, 0.05) is 20.8 Å². The Morgan fingerprint density at radius 2 is 1.33 bits per heavy atom. The molecule has 0 aliphatic carbocycles. The van der Waals surface area contributed by atoms with Gasteiger partial charge in [0.05, 0.1) is 0 Å². The normalized spacial score (nSPS) is 13.4. The van der Waals surface area contributed by atoms with Crippen molar-refractivity contribution < 1.29 is 8.85 Å². The van der Waals surface area contributed by atoms with Crippen molar-refractivity contribution in [1.29, 1.82) is 0 Å². The van der Waals surface area contributed by atoms with E-state index in [9.17, 15) is 0 Å². The van der Waals surface area contributed by atoms with Gasteiger partial charge in [0.1, 0.15) is 8.24 Å². The van der Waals surface area contributed by atoms with Crippen LogP contribution in [0.3, 0.4) is 0 Å². The predicted molar refractivity (Wildman–Crippen MR) is 123 cm³/mol. The molecule has 3 nitrogen and oxygen atoms in total. The molecule has 0 bridgehead atoms. The van der Waals surface area contributed by atoms with Crippen molar-refractivity contribution in [3.8, 4) is 0 Å². The molecule has 156 valence electrons. The molecule has 0 spiro atoms. The van der Waals surface area contributed by atoms with Crippen molar-refractivity contribution in [2.75, 3.05) is 20.8 Å². The summed E-state index contributed by atoms with van der Waals surface area (Å²) in [5.41, 5.74) is 3.58. The van der Waals surface area contributed by atoms with Crippen LogP contribution in [0.4, 0.5) is 0 Å². The van der Waals surface area contributed by atoms with Crippen molar-refractivity contribution in [2.24, 2.45) is 0 Å². The zero-order valence-electron chi connectivity index (χ0n) is 19.2. The lowest BCUT2D eigenvalue weighted by Gasteiger charge is -2.51. The van der Waals surface area contributed by atoms with Crippen molar-refractivity contribution in [1.82, 2.24) is 4.57 Å². The maximum Gasteiger partial charge on any atom is 0.334 e. The van der Waals surface area contributed by atoms with Crippen LogP contribution >= 0.6 is 0 Å². The molecule has 1 aromatic carbocycles. The van der Waals surface area contributed by atoms with Gasteiger partial charge in [-0.2, -0.15) is 0 Å². The summed E-state index contributed by atoms with van der Waals surface area (Å²) < 4.78 is 14.3. The van der Waals surface area contributed by atoms with Crippen molar-refractivity contribution >= 4 is 16.8 Å². The zero-order valence-corrected chi connectivity index (χ0v) is 21.2. The maximum absolute atomic E-state index is 5.72. The van der Waals surface area contributed by atoms with Crippen LogP contribution in [-0.2, 0) is 15.4 Å². The van der Waals surface area contributed by atoms with E-state index in [1.165, 1.54) is 5.56 Å². The van der Waals surface area contributed by atoms with E-state index in [1.54, 1.807) is 14.2 Å². The smallest absolute Gasteiger partial charge is 0.334 e. The molecule has 0 N–H and O–H groups in total. The second-order valence-corrected chi connectivity index (χ2v) is 18.4. The SMILES string of the molecule is CO[Si](C)(CCCN(Cc1ccccc1)[Si](C(C)C)(C(C)C)C(C)C)OC. The van der Waals surface area contributed by atoms with Gasteiger partial charge in [-0.25, -0.2) is 0 Å². The molecule has 0 unspecified atom stereocenters. The number of benzene rings is 1. The molecule has 5 heteroatoms. The number of hydrogen-bond acceptors (Lipinski definition) is 3. The Kier molecular flexibility index (Phi) is 9.93. The lowest BCUT2D eigenvalue weighted by Crippen LogP contribution is -2.60. The molecular weight excluding hydrogens is 366 g/mol. The topological polar surface area (TPSA) is 21.7 Å². The molecule has 0 aromatic heterocycles. The minimum absolute atomic E-state index is 0.717. The van der Waals surface area contributed by atoms with Crippen LogP contribution < -0.4 is 0 Å². The molecule has 27 heavy (non-hydrogen) atoms. The van der Waals surface area contributed by atoms with Crippen LogP contribution in [0.5, 0.6) is 0 Å². The first-order valence-corrected chi connectivity index (χ1v) is 15.2. The third-order valence-corrected chi connectivity index (χ3v) is 16.5. The molecule has 0 saturated carbocycles. The van der Waals surface area contributed by atoms with E-state index in [-0.39, 0.29) is 0 Å². The average molecular weight is 410 g/mol.